The number of H-pyrrole nitrogens is 1. The molecule has 0 aliphatic heterocycles. The minimum atomic E-state index is -0.437. The molecule has 7 nitrogen and oxygen atoms in total. The highest BCUT2D eigenvalue weighted by molar-refractivity contribution is 5.91. The van der Waals surface area contributed by atoms with Gasteiger partial charge in [-0.2, -0.15) is 5.26 Å². The van der Waals surface area contributed by atoms with Crippen molar-refractivity contribution in [3.8, 4) is 11.8 Å². The molecule has 152 valence electrons. The van der Waals surface area contributed by atoms with Crippen LogP contribution in [-0.4, -0.2) is 14.9 Å². The number of allylic oxidation sites excluding steroid dienone is 1. The second kappa shape index (κ2) is 8.51. The van der Waals surface area contributed by atoms with Crippen LogP contribution in [-0.2, 0) is 6.61 Å². The summed E-state index contributed by atoms with van der Waals surface area (Å²) in [5, 5.41) is 20.5. The molecule has 4 rings (SSSR count). The standard InChI is InChI=1S/C24H18N4O3/c1-16-6-11-21-22(12-16)27-24(26-21)19(14-25)13-18-4-2-3-5-23(18)31-15-17-7-9-20(10-8-17)28(29)30/h2-13H,15H2,1H3,(H,26,27)/b19-13-. The van der Waals surface area contributed by atoms with E-state index in [0.29, 0.717) is 17.1 Å². The van der Waals surface area contributed by atoms with E-state index in [9.17, 15) is 15.4 Å². The summed E-state index contributed by atoms with van der Waals surface area (Å²) in [7, 11) is 0. The van der Waals surface area contributed by atoms with Crippen molar-refractivity contribution in [2.45, 2.75) is 13.5 Å². The summed E-state index contributed by atoms with van der Waals surface area (Å²) in [5.41, 5.74) is 4.74. The molecule has 1 heterocycles. The van der Waals surface area contributed by atoms with E-state index in [1.165, 1.54) is 12.1 Å². The zero-order valence-electron chi connectivity index (χ0n) is 16.7. The van der Waals surface area contributed by atoms with Crippen LogP contribution in [0.2, 0.25) is 0 Å². The number of nitrogens with one attached hydrogen (secondary N) is 1. The van der Waals surface area contributed by atoms with Gasteiger partial charge in [-0.25, -0.2) is 4.98 Å². The van der Waals surface area contributed by atoms with E-state index in [1.54, 1.807) is 18.2 Å². The van der Waals surface area contributed by atoms with E-state index >= 15 is 0 Å². The smallest absolute Gasteiger partial charge is 0.269 e. The van der Waals surface area contributed by atoms with Gasteiger partial charge in [-0.3, -0.25) is 10.1 Å². The van der Waals surface area contributed by atoms with Gasteiger partial charge in [-0.05, 0) is 54.5 Å². The van der Waals surface area contributed by atoms with Crippen LogP contribution >= 0.6 is 0 Å². The van der Waals surface area contributed by atoms with Gasteiger partial charge in [0.15, 0.2) is 0 Å². The minimum Gasteiger partial charge on any atom is -0.488 e. The van der Waals surface area contributed by atoms with Gasteiger partial charge in [0.2, 0.25) is 0 Å². The Hall–Kier alpha value is -4.44. The lowest BCUT2D eigenvalue weighted by molar-refractivity contribution is -0.384. The van der Waals surface area contributed by atoms with Gasteiger partial charge in [0, 0.05) is 17.7 Å². The molecule has 0 amide bonds. The quantitative estimate of drug-likeness (QED) is 0.259. The Morgan fingerprint density at radius 3 is 2.71 bits per heavy atom. The summed E-state index contributed by atoms with van der Waals surface area (Å²) < 4.78 is 5.93. The molecular weight excluding hydrogens is 392 g/mol. The van der Waals surface area contributed by atoms with E-state index in [2.05, 4.69) is 16.0 Å². The fourth-order valence-corrected chi connectivity index (χ4v) is 3.17. The maximum Gasteiger partial charge on any atom is 0.269 e. The van der Waals surface area contributed by atoms with Crippen molar-refractivity contribution in [3.05, 3.63) is 99.4 Å². The molecule has 7 heteroatoms. The lowest BCUT2D eigenvalue weighted by atomic mass is 10.1. The Balaban J connectivity index is 1.59. The first-order valence-corrected chi connectivity index (χ1v) is 9.57. The van der Waals surface area contributed by atoms with Crippen LogP contribution in [0.3, 0.4) is 0 Å². The molecule has 0 aliphatic carbocycles. The first-order chi connectivity index (χ1) is 15.0. The van der Waals surface area contributed by atoms with Crippen molar-refractivity contribution < 1.29 is 9.66 Å². The number of aromatic nitrogens is 2. The second-order valence-electron chi connectivity index (χ2n) is 7.03. The number of para-hydroxylation sites is 1. The third-order valence-corrected chi connectivity index (χ3v) is 4.77. The largest absolute Gasteiger partial charge is 0.488 e. The number of benzene rings is 3. The molecule has 1 N–H and O–H groups in total. The van der Waals surface area contributed by atoms with Crippen molar-refractivity contribution in [1.82, 2.24) is 9.97 Å². The van der Waals surface area contributed by atoms with Crippen molar-refractivity contribution in [2.24, 2.45) is 0 Å². The highest BCUT2D eigenvalue weighted by Crippen LogP contribution is 2.26. The number of hydrogen-bond donors (Lipinski definition) is 1. The molecule has 0 radical (unpaired) electrons. The first kappa shape index (κ1) is 19.9. The van der Waals surface area contributed by atoms with Crippen LogP contribution in [0.4, 0.5) is 5.69 Å². The van der Waals surface area contributed by atoms with Gasteiger partial charge in [0.1, 0.15) is 24.3 Å². The number of hydrogen-bond acceptors (Lipinski definition) is 5. The van der Waals surface area contributed by atoms with Crippen LogP contribution in [0.5, 0.6) is 5.75 Å². The van der Waals surface area contributed by atoms with Gasteiger partial charge >= 0.3 is 0 Å². The van der Waals surface area contributed by atoms with Crippen molar-refractivity contribution >= 4 is 28.4 Å². The fourth-order valence-electron chi connectivity index (χ4n) is 3.17. The highest BCUT2D eigenvalue weighted by Gasteiger charge is 2.10. The molecule has 0 atom stereocenters. The number of nitro benzene ring substituents is 1. The van der Waals surface area contributed by atoms with Gasteiger partial charge in [0.05, 0.1) is 21.5 Å². The molecule has 4 aromatic rings. The van der Waals surface area contributed by atoms with Crippen LogP contribution in [0.25, 0.3) is 22.7 Å². The van der Waals surface area contributed by atoms with Gasteiger partial charge in [0.25, 0.3) is 5.69 Å². The number of imidazole rings is 1. The molecule has 0 unspecified atom stereocenters. The molecule has 31 heavy (non-hydrogen) atoms. The fraction of sp³-hybridized carbons (Fsp3) is 0.0833. The maximum absolute atomic E-state index is 10.8. The number of fused-ring (bicyclic) bond motifs is 1. The van der Waals surface area contributed by atoms with Crippen molar-refractivity contribution in [1.29, 1.82) is 5.26 Å². The van der Waals surface area contributed by atoms with E-state index in [-0.39, 0.29) is 12.3 Å². The zero-order chi connectivity index (χ0) is 21.8. The van der Waals surface area contributed by atoms with Crippen molar-refractivity contribution in [3.63, 3.8) is 0 Å². The number of nitrogens with zero attached hydrogens (tertiary/aromatic N) is 3. The lowest BCUT2D eigenvalue weighted by Gasteiger charge is -2.09. The first-order valence-electron chi connectivity index (χ1n) is 9.57. The number of aryl methyl sites for hydroxylation is 1. The monoisotopic (exact) mass is 410 g/mol. The minimum absolute atomic E-state index is 0.0340. The number of aromatic amines is 1. The number of nitro groups is 1. The Morgan fingerprint density at radius 2 is 1.97 bits per heavy atom. The molecule has 0 fully saturated rings. The molecule has 0 saturated carbocycles. The summed E-state index contributed by atoms with van der Waals surface area (Å²) >= 11 is 0. The molecular formula is C24H18N4O3. The summed E-state index contributed by atoms with van der Waals surface area (Å²) in [4.78, 5) is 18.1. The maximum atomic E-state index is 10.8. The highest BCUT2D eigenvalue weighted by atomic mass is 16.6. The molecule has 0 saturated heterocycles. The predicted molar refractivity (Wildman–Crippen MR) is 118 cm³/mol. The Labute approximate surface area is 178 Å². The third kappa shape index (κ3) is 4.43. The predicted octanol–water partition coefficient (Wildman–Crippen LogP) is 5.42. The summed E-state index contributed by atoms with van der Waals surface area (Å²) in [6.45, 7) is 2.24. The average Bonchev–Trinajstić information content (AvgIpc) is 3.19. The van der Waals surface area contributed by atoms with Gasteiger partial charge < -0.3 is 9.72 Å². The Kier molecular flexibility index (Phi) is 5.45. The number of non-ortho nitro benzene ring substituents is 1. The molecule has 3 aromatic carbocycles. The van der Waals surface area contributed by atoms with E-state index in [0.717, 1.165) is 27.7 Å². The number of ether oxygens (including phenoxy) is 1. The molecule has 0 aliphatic rings. The van der Waals surface area contributed by atoms with Crippen LogP contribution in [0, 0.1) is 28.4 Å². The van der Waals surface area contributed by atoms with E-state index in [1.807, 2.05) is 49.4 Å². The third-order valence-electron chi connectivity index (χ3n) is 4.77. The normalized spacial score (nSPS) is 11.3. The van der Waals surface area contributed by atoms with Crippen LogP contribution in [0.15, 0.2) is 66.7 Å². The van der Waals surface area contributed by atoms with Crippen LogP contribution in [0.1, 0.15) is 22.5 Å². The Bertz CT molecular complexity index is 1330. The molecule has 1 aromatic heterocycles. The number of rotatable bonds is 6. The summed E-state index contributed by atoms with van der Waals surface area (Å²) in [5.74, 6) is 1.09. The summed E-state index contributed by atoms with van der Waals surface area (Å²) in [6, 6.07) is 21.7. The number of nitriles is 1. The van der Waals surface area contributed by atoms with Gasteiger partial charge in [-0.1, -0.05) is 24.3 Å². The zero-order valence-corrected chi connectivity index (χ0v) is 16.7. The van der Waals surface area contributed by atoms with Crippen LogP contribution < -0.4 is 4.74 Å². The second-order valence-corrected chi connectivity index (χ2v) is 7.03. The SMILES string of the molecule is Cc1ccc2nc(/C(C#N)=C\c3ccccc3OCc3ccc([N+](=O)[O-])cc3)[nH]c2c1. The van der Waals surface area contributed by atoms with E-state index < -0.39 is 4.92 Å². The topological polar surface area (TPSA) is 105 Å². The van der Waals surface area contributed by atoms with E-state index in [4.69, 9.17) is 4.74 Å². The molecule has 0 bridgehead atoms. The summed E-state index contributed by atoms with van der Waals surface area (Å²) in [6.07, 6.45) is 1.73. The lowest BCUT2D eigenvalue weighted by Crippen LogP contribution is -1.98. The van der Waals surface area contributed by atoms with Crippen molar-refractivity contribution in [2.75, 3.05) is 0 Å². The van der Waals surface area contributed by atoms with Gasteiger partial charge in [-0.15, -0.1) is 0 Å². The average molecular weight is 410 g/mol. The molecule has 0 spiro atoms. The Morgan fingerprint density at radius 1 is 1.19 bits per heavy atom.